The van der Waals surface area contributed by atoms with Gasteiger partial charge >= 0.3 is 0 Å². The zero-order chi connectivity index (χ0) is 18.7. The molecule has 1 N–H and O–H groups in total. The third kappa shape index (κ3) is 4.18. The van der Waals surface area contributed by atoms with Crippen molar-refractivity contribution in [1.29, 1.82) is 0 Å². The van der Waals surface area contributed by atoms with Gasteiger partial charge in [0.15, 0.2) is 23.3 Å². The van der Waals surface area contributed by atoms with E-state index in [1.54, 1.807) is 4.68 Å². The zero-order valence-electron chi connectivity index (χ0n) is 14.3. The van der Waals surface area contributed by atoms with Gasteiger partial charge < -0.3 is 5.32 Å². The summed E-state index contributed by atoms with van der Waals surface area (Å²) in [5.74, 6) is -4.21. The van der Waals surface area contributed by atoms with Crippen molar-refractivity contribution in [3.8, 4) is 0 Å². The summed E-state index contributed by atoms with van der Waals surface area (Å²) in [6.45, 7) is 2.88. The maximum absolute atomic E-state index is 13.7. The molecule has 26 heavy (non-hydrogen) atoms. The van der Waals surface area contributed by atoms with Crippen molar-refractivity contribution in [1.82, 2.24) is 25.1 Å². The number of amides is 1. The molecule has 3 rings (SSSR count). The Kier molecular flexibility index (Phi) is 5.50. The number of halogens is 3. The van der Waals surface area contributed by atoms with Crippen LogP contribution in [0.4, 0.5) is 18.9 Å². The van der Waals surface area contributed by atoms with Gasteiger partial charge in [0.2, 0.25) is 5.91 Å². The molecule has 1 fully saturated rings. The number of hydrogen-bond donors (Lipinski definition) is 1. The number of tetrazole rings is 1. The average Bonchev–Trinajstić information content (AvgIpc) is 3.35. The van der Waals surface area contributed by atoms with E-state index in [0.29, 0.717) is 25.0 Å². The molecule has 1 amide bonds. The molecule has 7 nitrogen and oxygen atoms in total. The highest BCUT2D eigenvalue weighted by atomic mass is 19.2. The van der Waals surface area contributed by atoms with Gasteiger partial charge in [0.25, 0.3) is 0 Å². The van der Waals surface area contributed by atoms with Crippen LogP contribution in [0.15, 0.2) is 12.1 Å². The number of nitrogens with zero attached hydrogens (tertiary/aromatic N) is 5. The van der Waals surface area contributed by atoms with Gasteiger partial charge in [-0.25, -0.2) is 17.9 Å². The number of carbonyl (C=O) groups excluding carboxylic acids is 1. The third-order valence-electron chi connectivity index (χ3n) is 4.04. The first-order valence-corrected chi connectivity index (χ1v) is 8.42. The maximum Gasteiger partial charge on any atom is 0.238 e. The molecule has 1 aliphatic carbocycles. The minimum atomic E-state index is -1.61. The second-order valence-electron chi connectivity index (χ2n) is 6.25. The molecule has 2 aromatic rings. The van der Waals surface area contributed by atoms with Gasteiger partial charge in [-0.2, -0.15) is 0 Å². The molecule has 1 aromatic carbocycles. The van der Waals surface area contributed by atoms with Crippen LogP contribution < -0.4 is 5.32 Å². The van der Waals surface area contributed by atoms with E-state index in [9.17, 15) is 18.0 Å². The topological polar surface area (TPSA) is 75.9 Å². The second-order valence-corrected chi connectivity index (χ2v) is 6.25. The van der Waals surface area contributed by atoms with Crippen molar-refractivity contribution in [3.63, 3.8) is 0 Å². The Hall–Kier alpha value is -2.49. The van der Waals surface area contributed by atoms with Crippen LogP contribution in [0.5, 0.6) is 0 Å². The summed E-state index contributed by atoms with van der Waals surface area (Å²) < 4.78 is 41.7. The molecule has 0 aliphatic heterocycles. The predicted octanol–water partition coefficient (Wildman–Crippen LogP) is 2.28. The Morgan fingerprint density at radius 2 is 2.08 bits per heavy atom. The van der Waals surface area contributed by atoms with E-state index in [1.807, 2.05) is 11.8 Å². The van der Waals surface area contributed by atoms with Crippen molar-refractivity contribution < 1.29 is 18.0 Å². The van der Waals surface area contributed by atoms with E-state index in [-0.39, 0.29) is 6.54 Å². The SMILES string of the molecule is CCCN(CC(=O)Nc1ccc(F)c(F)c1F)Cc1nnnn1C1CC1. The van der Waals surface area contributed by atoms with E-state index < -0.39 is 29.0 Å². The summed E-state index contributed by atoms with van der Waals surface area (Å²) in [6.07, 6.45) is 2.85. The highest BCUT2D eigenvalue weighted by Gasteiger charge is 2.28. The lowest BCUT2D eigenvalue weighted by atomic mass is 10.2. The van der Waals surface area contributed by atoms with Crippen molar-refractivity contribution in [2.24, 2.45) is 0 Å². The van der Waals surface area contributed by atoms with Crippen LogP contribution in [0.1, 0.15) is 38.1 Å². The lowest BCUT2D eigenvalue weighted by Gasteiger charge is -2.20. The first-order valence-electron chi connectivity index (χ1n) is 8.42. The van der Waals surface area contributed by atoms with Crippen LogP contribution in [0.3, 0.4) is 0 Å². The standard InChI is InChI=1S/C16H19F3N6O/c1-2-7-24(8-13-21-22-23-25(13)10-3-4-10)9-14(26)20-12-6-5-11(17)15(18)16(12)19/h5-6,10H,2-4,7-9H2,1H3,(H,20,26). The summed E-state index contributed by atoms with van der Waals surface area (Å²) >= 11 is 0. The van der Waals surface area contributed by atoms with Gasteiger partial charge in [-0.15, -0.1) is 5.10 Å². The number of nitrogens with one attached hydrogen (secondary N) is 1. The van der Waals surface area contributed by atoms with Gasteiger partial charge in [0, 0.05) is 0 Å². The fourth-order valence-corrected chi connectivity index (χ4v) is 2.66. The Labute approximate surface area is 148 Å². The molecule has 1 aliphatic rings. The Balaban J connectivity index is 1.64. The average molecular weight is 368 g/mol. The molecule has 10 heteroatoms. The number of benzene rings is 1. The zero-order valence-corrected chi connectivity index (χ0v) is 14.3. The fraction of sp³-hybridized carbons (Fsp3) is 0.500. The van der Waals surface area contributed by atoms with Gasteiger partial charge in [-0.1, -0.05) is 6.92 Å². The fourth-order valence-electron chi connectivity index (χ4n) is 2.66. The van der Waals surface area contributed by atoms with Gasteiger partial charge in [0.1, 0.15) is 0 Å². The van der Waals surface area contributed by atoms with Crippen LogP contribution in [-0.4, -0.2) is 44.1 Å². The molecule has 0 atom stereocenters. The summed E-state index contributed by atoms with van der Waals surface area (Å²) in [5.41, 5.74) is -0.395. The molecule has 0 bridgehead atoms. The van der Waals surface area contributed by atoms with Crippen molar-refractivity contribution in [2.75, 3.05) is 18.4 Å². The Morgan fingerprint density at radius 3 is 2.77 bits per heavy atom. The summed E-state index contributed by atoms with van der Waals surface area (Å²) in [7, 11) is 0. The summed E-state index contributed by atoms with van der Waals surface area (Å²) in [4.78, 5) is 14.0. The van der Waals surface area contributed by atoms with Crippen molar-refractivity contribution in [3.05, 3.63) is 35.4 Å². The number of aromatic nitrogens is 4. The highest BCUT2D eigenvalue weighted by Crippen LogP contribution is 2.34. The summed E-state index contributed by atoms with van der Waals surface area (Å²) in [5, 5.41) is 13.9. The smallest absolute Gasteiger partial charge is 0.238 e. The van der Waals surface area contributed by atoms with Crippen molar-refractivity contribution >= 4 is 11.6 Å². The van der Waals surface area contributed by atoms with E-state index in [2.05, 4.69) is 20.8 Å². The van der Waals surface area contributed by atoms with Gasteiger partial charge in [0.05, 0.1) is 24.8 Å². The van der Waals surface area contributed by atoms with E-state index in [4.69, 9.17) is 0 Å². The number of hydrogen-bond acceptors (Lipinski definition) is 5. The normalized spacial score (nSPS) is 14.0. The minimum Gasteiger partial charge on any atom is -0.322 e. The number of rotatable bonds is 8. The number of anilines is 1. The highest BCUT2D eigenvalue weighted by molar-refractivity contribution is 5.92. The van der Waals surface area contributed by atoms with Gasteiger partial charge in [-0.05, 0) is 48.4 Å². The quantitative estimate of drug-likeness (QED) is 0.724. The first-order chi connectivity index (χ1) is 12.5. The summed E-state index contributed by atoms with van der Waals surface area (Å²) in [6, 6.07) is 2.07. The third-order valence-corrected chi connectivity index (χ3v) is 4.04. The molecule has 0 spiro atoms. The molecule has 1 saturated carbocycles. The Bertz CT molecular complexity index is 792. The van der Waals surface area contributed by atoms with Crippen LogP contribution in [0.2, 0.25) is 0 Å². The molecule has 0 radical (unpaired) electrons. The minimum absolute atomic E-state index is 0.0518. The molecule has 140 valence electrons. The van der Waals surface area contributed by atoms with E-state index in [0.717, 1.165) is 31.4 Å². The van der Waals surface area contributed by atoms with Crippen LogP contribution in [0.25, 0.3) is 0 Å². The molecule has 0 saturated heterocycles. The van der Waals surface area contributed by atoms with Crippen LogP contribution in [0, 0.1) is 17.5 Å². The predicted molar refractivity (Wildman–Crippen MR) is 86.6 cm³/mol. The second kappa shape index (κ2) is 7.81. The van der Waals surface area contributed by atoms with Crippen LogP contribution in [-0.2, 0) is 11.3 Å². The monoisotopic (exact) mass is 368 g/mol. The van der Waals surface area contributed by atoms with E-state index >= 15 is 0 Å². The lowest BCUT2D eigenvalue weighted by molar-refractivity contribution is -0.117. The molecular formula is C16H19F3N6O. The lowest BCUT2D eigenvalue weighted by Crippen LogP contribution is -2.34. The largest absolute Gasteiger partial charge is 0.322 e. The number of carbonyl (C=O) groups is 1. The first kappa shape index (κ1) is 18.3. The van der Waals surface area contributed by atoms with Gasteiger partial charge in [-0.3, -0.25) is 9.69 Å². The van der Waals surface area contributed by atoms with E-state index in [1.165, 1.54) is 0 Å². The van der Waals surface area contributed by atoms with Crippen LogP contribution >= 0.6 is 0 Å². The molecule has 1 heterocycles. The molecular weight excluding hydrogens is 349 g/mol. The van der Waals surface area contributed by atoms with Crippen molar-refractivity contribution in [2.45, 2.75) is 38.8 Å². The Morgan fingerprint density at radius 1 is 1.31 bits per heavy atom. The molecule has 1 aromatic heterocycles. The maximum atomic E-state index is 13.7. The molecule has 0 unspecified atom stereocenters.